The highest BCUT2D eigenvalue weighted by Crippen LogP contribution is 2.16. The monoisotopic (exact) mass is 262 g/mol. The average Bonchev–Trinajstić information content (AvgIpc) is 2.24. The number of hydrogen-bond acceptors (Lipinski definition) is 2. The van der Waals surface area contributed by atoms with Gasteiger partial charge in [-0.2, -0.15) is 0 Å². The molecule has 0 aliphatic heterocycles. The predicted octanol–water partition coefficient (Wildman–Crippen LogP) is 3.26. The van der Waals surface area contributed by atoms with Gasteiger partial charge in [0.15, 0.2) is 0 Å². The van der Waals surface area contributed by atoms with Crippen molar-refractivity contribution in [3.8, 4) is 0 Å². The van der Waals surface area contributed by atoms with Crippen LogP contribution in [0.1, 0.15) is 48.9 Å². The van der Waals surface area contributed by atoms with Gasteiger partial charge in [-0.15, -0.1) is 0 Å². The molecule has 0 aromatic heterocycles. The Kier molecular flexibility index (Phi) is 6.02. The van der Waals surface area contributed by atoms with E-state index in [-0.39, 0.29) is 5.54 Å². The Morgan fingerprint density at radius 2 is 1.63 bits per heavy atom. The SMILES string of the molecule is Cc1cc(C)c(CCNCCCC(C)(C)N)c(C)c1. The third-order valence-corrected chi connectivity index (χ3v) is 3.57. The van der Waals surface area contributed by atoms with Crippen LogP contribution in [0.2, 0.25) is 0 Å². The molecule has 0 saturated carbocycles. The third kappa shape index (κ3) is 6.22. The molecule has 0 heterocycles. The lowest BCUT2D eigenvalue weighted by atomic mass is 9.97. The molecule has 0 radical (unpaired) electrons. The minimum atomic E-state index is -0.0359. The first-order valence-corrected chi connectivity index (χ1v) is 7.36. The zero-order valence-corrected chi connectivity index (χ0v) is 13.3. The van der Waals surface area contributed by atoms with Gasteiger partial charge < -0.3 is 11.1 Å². The van der Waals surface area contributed by atoms with Crippen LogP contribution in [-0.2, 0) is 6.42 Å². The van der Waals surface area contributed by atoms with E-state index in [4.69, 9.17) is 5.73 Å². The highest BCUT2D eigenvalue weighted by atomic mass is 14.8. The zero-order chi connectivity index (χ0) is 14.5. The van der Waals surface area contributed by atoms with Crippen LogP contribution >= 0.6 is 0 Å². The summed E-state index contributed by atoms with van der Waals surface area (Å²) in [5.74, 6) is 0. The second-order valence-electron chi connectivity index (χ2n) is 6.47. The van der Waals surface area contributed by atoms with E-state index in [2.05, 4.69) is 52.1 Å². The van der Waals surface area contributed by atoms with Crippen LogP contribution in [0.4, 0.5) is 0 Å². The second-order valence-corrected chi connectivity index (χ2v) is 6.47. The zero-order valence-electron chi connectivity index (χ0n) is 13.3. The van der Waals surface area contributed by atoms with Crippen molar-refractivity contribution in [3.05, 3.63) is 34.4 Å². The van der Waals surface area contributed by atoms with E-state index in [1.807, 2.05) is 0 Å². The van der Waals surface area contributed by atoms with E-state index in [9.17, 15) is 0 Å². The van der Waals surface area contributed by atoms with Gasteiger partial charge in [0.25, 0.3) is 0 Å². The van der Waals surface area contributed by atoms with Crippen molar-refractivity contribution in [1.29, 1.82) is 0 Å². The summed E-state index contributed by atoms with van der Waals surface area (Å²) in [4.78, 5) is 0. The van der Waals surface area contributed by atoms with E-state index < -0.39 is 0 Å². The topological polar surface area (TPSA) is 38.0 Å². The van der Waals surface area contributed by atoms with Gasteiger partial charge in [0.2, 0.25) is 0 Å². The van der Waals surface area contributed by atoms with Crippen molar-refractivity contribution in [2.24, 2.45) is 5.73 Å². The summed E-state index contributed by atoms with van der Waals surface area (Å²) in [7, 11) is 0. The summed E-state index contributed by atoms with van der Waals surface area (Å²) in [6, 6.07) is 4.55. The van der Waals surface area contributed by atoms with Gasteiger partial charge in [0.1, 0.15) is 0 Å². The summed E-state index contributed by atoms with van der Waals surface area (Å²) < 4.78 is 0. The van der Waals surface area contributed by atoms with Gasteiger partial charge in [-0.25, -0.2) is 0 Å². The normalized spacial score (nSPS) is 11.9. The first kappa shape index (κ1) is 16.2. The lowest BCUT2D eigenvalue weighted by molar-refractivity contribution is 0.449. The Hall–Kier alpha value is -0.860. The van der Waals surface area contributed by atoms with Crippen molar-refractivity contribution >= 4 is 0 Å². The van der Waals surface area contributed by atoms with Crippen LogP contribution < -0.4 is 11.1 Å². The second kappa shape index (κ2) is 7.06. The van der Waals surface area contributed by atoms with E-state index in [0.29, 0.717) is 0 Å². The Bertz CT molecular complexity index is 379. The quantitative estimate of drug-likeness (QED) is 0.740. The maximum Gasteiger partial charge on any atom is 0.00975 e. The van der Waals surface area contributed by atoms with Crippen molar-refractivity contribution in [2.75, 3.05) is 13.1 Å². The summed E-state index contributed by atoms with van der Waals surface area (Å²) in [6.45, 7) is 12.9. The number of aryl methyl sites for hydroxylation is 3. The Labute approximate surface area is 118 Å². The van der Waals surface area contributed by atoms with Gasteiger partial charge in [0.05, 0.1) is 0 Å². The molecular weight excluding hydrogens is 232 g/mol. The highest BCUT2D eigenvalue weighted by molar-refractivity contribution is 5.37. The fourth-order valence-electron chi connectivity index (χ4n) is 2.61. The fraction of sp³-hybridized carbons (Fsp3) is 0.647. The molecule has 0 spiro atoms. The van der Waals surface area contributed by atoms with Crippen LogP contribution in [0.5, 0.6) is 0 Å². The van der Waals surface area contributed by atoms with Crippen LogP contribution in [0, 0.1) is 20.8 Å². The van der Waals surface area contributed by atoms with E-state index in [1.165, 1.54) is 22.3 Å². The summed E-state index contributed by atoms with van der Waals surface area (Å²) in [5, 5.41) is 3.52. The van der Waals surface area contributed by atoms with Crippen molar-refractivity contribution in [2.45, 2.75) is 59.4 Å². The predicted molar refractivity (Wildman–Crippen MR) is 84.7 cm³/mol. The standard InChI is InChI=1S/C17H30N2/c1-13-11-14(2)16(15(3)12-13)7-10-19-9-6-8-17(4,5)18/h11-12,19H,6-10,18H2,1-5H3. The van der Waals surface area contributed by atoms with Gasteiger partial charge in [-0.05, 0) is 83.7 Å². The lowest BCUT2D eigenvalue weighted by Crippen LogP contribution is -2.33. The first-order chi connectivity index (χ1) is 8.79. The van der Waals surface area contributed by atoms with E-state index >= 15 is 0 Å². The molecular formula is C17H30N2. The van der Waals surface area contributed by atoms with Gasteiger partial charge in [-0.3, -0.25) is 0 Å². The fourth-order valence-corrected chi connectivity index (χ4v) is 2.61. The first-order valence-electron chi connectivity index (χ1n) is 7.36. The van der Waals surface area contributed by atoms with Crippen LogP contribution in [0.3, 0.4) is 0 Å². The molecule has 0 amide bonds. The molecule has 1 aromatic rings. The molecule has 0 bridgehead atoms. The molecule has 19 heavy (non-hydrogen) atoms. The highest BCUT2D eigenvalue weighted by Gasteiger charge is 2.09. The maximum absolute atomic E-state index is 5.97. The molecule has 0 saturated heterocycles. The largest absolute Gasteiger partial charge is 0.326 e. The smallest absolute Gasteiger partial charge is 0.00975 e. The lowest BCUT2D eigenvalue weighted by Gasteiger charge is -2.18. The number of nitrogens with two attached hydrogens (primary N) is 1. The molecule has 0 fully saturated rings. The molecule has 0 unspecified atom stereocenters. The molecule has 2 heteroatoms. The maximum atomic E-state index is 5.97. The summed E-state index contributed by atoms with van der Waals surface area (Å²) in [5.41, 5.74) is 11.6. The Balaban J connectivity index is 2.30. The molecule has 2 nitrogen and oxygen atoms in total. The van der Waals surface area contributed by atoms with Crippen molar-refractivity contribution in [1.82, 2.24) is 5.32 Å². The Morgan fingerprint density at radius 3 is 2.16 bits per heavy atom. The number of rotatable bonds is 7. The number of hydrogen-bond donors (Lipinski definition) is 2. The minimum Gasteiger partial charge on any atom is -0.326 e. The molecule has 3 N–H and O–H groups in total. The molecule has 0 aliphatic carbocycles. The summed E-state index contributed by atoms with van der Waals surface area (Å²) >= 11 is 0. The summed E-state index contributed by atoms with van der Waals surface area (Å²) in [6.07, 6.45) is 3.34. The van der Waals surface area contributed by atoms with Crippen LogP contribution in [0.15, 0.2) is 12.1 Å². The Morgan fingerprint density at radius 1 is 1.05 bits per heavy atom. The average molecular weight is 262 g/mol. The minimum absolute atomic E-state index is 0.0359. The molecule has 0 atom stereocenters. The van der Waals surface area contributed by atoms with Gasteiger partial charge in [0, 0.05) is 5.54 Å². The van der Waals surface area contributed by atoms with Crippen molar-refractivity contribution < 1.29 is 0 Å². The van der Waals surface area contributed by atoms with Gasteiger partial charge in [-0.1, -0.05) is 17.7 Å². The molecule has 1 rings (SSSR count). The number of nitrogens with one attached hydrogen (secondary N) is 1. The number of benzene rings is 1. The van der Waals surface area contributed by atoms with Crippen molar-refractivity contribution in [3.63, 3.8) is 0 Å². The van der Waals surface area contributed by atoms with Gasteiger partial charge >= 0.3 is 0 Å². The third-order valence-electron chi connectivity index (χ3n) is 3.57. The molecule has 108 valence electrons. The van der Waals surface area contributed by atoms with E-state index in [1.54, 1.807) is 0 Å². The molecule has 1 aromatic carbocycles. The van der Waals surface area contributed by atoms with Crippen LogP contribution in [0.25, 0.3) is 0 Å². The van der Waals surface area contributed by atoms with E-state index in [0.717, 1.165) is 32.4 Å². The van der Waals surface area contributed by atoms with Crippen LogP contribution in [-0.4, -0.2) is 18.6 Å². The molecule has 0 aliphatic rings.